The summed E-state index contributed by atoms with van der Waals surface area (Å²) in [6.07, 6.45) is -0.701. The van der Waals surface area contributed by atoms with Crippen LogP contribution in [0, 0.1) is 22.7 Å². The summed E-state index contributed by atoms with van der Waals surface area (Å²) < 4.78 is 5.79. The van der Waals surface area contributed by atoms with Gasteiger partial charge in [-0.1, -0.05) is 13.5 Å². The van der Waals surface area contributed by atoms with Gasteiger partial charge in [-0.2, -0.15) is 0 Å². The van der Waals surface area contributed by atoms with Crippen molar-refractivity contribution in [3.05, 3.63) is 12.2 Å². The Bertz CT molecular complexity index is 544. The first-order valence-electron chi connectivity index (χ1n) is 7.17. The predicted octanol–water partition coefficient (Wildman–Crippen LogP) is 0.553. The number of aliphatic hydroxyl groups is 2. The number of fused-ring (bicyclic) bond motifs is 2. The molecule has 8 atom stereocenters. The van der Waals surface area contributed by atoms with Crippen LogP contribution in [0.4, 0.5) is 0 Å². The maximum absolute atomic E-state index is 11.5. The Morgan fingerprint density at radius 2 is 2.00 bits per heavy atom. The fraction of sp³-hybridized carbons (Fsp3) is 0.800. The lowest BCUT2D eigenvalue weighted by atomic mass is 9.69. The predicted molar refractivity (Wildman–Crippen MR) is 68.8 cm³/mol. The molecular weight excluding hydrogens is 260 g/mol. The molecule has 3 aliphatic carbocycles. The van der Waals surface area contributed by atoms with Gasteiger partial charge in [0, 0.05) is 5.41 Å². The third-order valence-corrected chi connectivity index (χ3v) is 6.92. The molecule has 0 unspecified atom stereocenters. The fourth-order valence-corrected chi connectivity index (χ4v) is 5.49. The molecular formula is C15H20O5. The molecule has 1 aliphatic heterocycles. The highest BCUT2D eigenvalue weighted by Gasteiger charge is 2.84. The quantitative estimate of drug-likeness (QED) is 0.482. The van der Waals surface area contributed by atoms with Crippen LogP contribution in [0.5, 0.6) is 0 Å². The summed E-state index contributed by atoms with van der Waals surface area (Å²) in [5, 5.41) is 30.2. The van der Waals surface area contributed by atoms with E-state index < -0.39 is 34.6 Å². The van der Waals surface area contributed by atoms with Crippen molar-refractivity contribution in [1.29, 1.82) is 0 Å². The Kier molecular flexibility index (Phi) is 2.00. The number of ether oxygens (including phenoxy) is 1. The van der Waals surface area contributed by atoms with Crippen LogP contribution in [-0.4, -0.2) is 45.2 Å². The van der Waals surface area contributed by atoms with E-state index in [1.165, 1.54) is 0 Å². The molecule has 3 N–H and O–H groups in total. The van der Waals surface area contributed by atoms with Gasteiger partial charge in [0.05, 0.1) is 11.5 Å². The SMILES string of the molecule is C=C1[C@@H](O)[C@H]2O[C@]23C[C@H]2[C@@H](O)[C@](C)(C(=O)O)C[C@H]2[C@]13C. The van der Waals surface area contributed by atoms with Gasteiger partial charge in [0.25, 0.3) is 0 Å². The van der Waals surface area contributed by atoms with E-state index >= 15 is 0 Å². The average Bonchev–Trinajstić information content (AvgIpc) is 2.96. The standard InChI is InChI=1S/C15H20O5/c1-6-9(16)11-15(20-11)4-7-8(14(6,15)3)5-13(2,10(7)17)12(18)19/h7-11,16-17H,1,4-5H2,2-3H3,(H,18,19)/t7-,8-,9-,10-,11-,13-,14+,15-/m1/s1. The van der Waals surface area contributed by atoms with Gasteiger partial charge in [-0.3, -0.25) is 4.79 Å². The molecule has 0 radical (unpaired) electrons. The molecule has 0 aromatic heterocycles. The highest BCUT2D eigenvalue weighted by Crippen LogP contribution is 2.77. The lowest BCUT2D eigenvalue weighted by Gasteiger charge is -2.35. The van der Waals surface area contributed by atoms with Gasteiger partial charge in [-0.15, -0.1) is 0 Å². The molecule has 4 aliphatic rings. The van der Waals surface area contributed by atoms with Crippen LogP contribution >= 0.6 is 0 Å². The third-order valence-electron chi connectivity index (χ3n) is 6.92. The highest BCUT2D eigenvalue weighted by atomic mass is 16.6. The van der Waals surface area contributed by atoms with Crippen molar-refractivity contribution in [2.75, 3.05) is 0 Å². The summed E-state index contributed by atoms with van der Waals surface area (Å²) >= 11 is 0. The molecule has 1 spiro atoms. The molecule has 0 aromatic carbocycles. The monoisotopic (exact) mass is 280 g/mol. The number of hydrogen-bond donors (Lipinski definition) is 3. The van der Waals surface area contributed by atoms with Crippen LogP contribution in [0.1, 0.15) is 26.7 Å². The molecule has 110 valence electrons. The molecule has 1 heterocycles. The van der Waals surface area contributed by atoms with Crippen LogP contribution in [0.15, 0.2) is 12.2 Å². The number of hydrogen-bond acceptors (Lipinski definition) is 4. The van der Waals surface area contributed by atoms with Crippen LogP contribution in [0.2, 0.25) is 0 Å². The van der Waals surface area contributed by atoms with Crippen molar-refractivity contribution in [2.45, 2.75) is 50.6 Å². The zero-order chi connectivity index (χ0) is 14.7. The molecule has 0 bridgehead atoms. The molecule has 5 nitrogen and oxygen atoms in total. The van der Waals surface area contributed by atoms with E-state index in [0.29, 0.717) is 12.8 Å². The Morgan fingerprint density at radius 3 is 2.60 bits per heavy atom. The summed E-state index contributed by atoms with van der Waals surface area (Å²) in [6.45, 7) is 7.69. The minimum Gasteiger partial charge on any atom is -0.481 e. The topological polar surface area (TPSA) is 90.3 Å². The van der Waals surface area contributed by atoms with E-state index in [-0.39, 0.29) is 17.9 Å². The smallest absolute Gasteiger partial charge is 0.312 e. The van der Waals surface area contributed by atoms with Crippen molar-refractivity contribution in [1.82, 2.24) is 0 Å². The number of carboxylic acids is 1. The lowest BCUT2D eigenvalue weighted by Crippen LogP contribution is -2.40. The summed E-state index contributed by atoms with van der Waals surface area (Å²) in [6, 6.07) is 0. The number of carbonyl (C=O) groups is 1. The first-order valence-corrected chi connectivity index (χ1v) is 7.17. The summed E-state index contributed by atoms with van der Waals surface area (Å²) in [5.41, 5.74) is -1.20. The maximum Gasteiger partial charge on any atom is 0.312 e. The van der Waals surface area contributed by atoms with Crippen molar-refractivity contribution < 1.29 is 24.9 Å². The minimum absolute atomic E-state index is 0.00764. The summed E-state index contributed by atoms with van der Waals surface area (Å²) in [5.74, 6) is -1.03. The summed E-state index contributed by atoms with van der Waals surface area (Å²) in [7, 11) is 0. The zero-order valence-corrected chi connectivity index (χ0v) is 11.7. The highest BCUT2D eigenvalue weighted by molar-refractivity contribution is 5.76. The van der Waals surface area contributed by atoms with Gasteiger partial charge in [-0.05, 0) is 37.2 Å². The first kappa shape index (κ1) is 12.8. The van der Waals surface area contributed by atoms with E-state index in [4.69, 9.17) is 4.74 Å². The molecule has 4 rings (SSSR count). The Labute approximate surface area is 117 Å². The number of rotatable bonds is 1. The maximum atomic E-state index is 11.5. The average molecular weight is 280 g/mol. The number of aliphatic hydroxyl groups excluding tert-OH is 2. The van der Waals surface area contributed by atoms with Crippen molar-refractivity contribution in [3.8, 4) is 0 Å². The molecule has 3 saturated carbocycles. The Hall–Kier alpha value is -0.910. The van der Waals surface area contributed by atoms with Crippen molar-refractivity contribution >= 4 is 5.97 Å². The molecule has 1 saturated heterocycles. The second-order valence-corrected chi connectivity index (χ2v) is 7.45. The van der Waals surface area contributed by atoms with Gasteiger partial charge in [-0.25, -0.2) is 0 Å². The zero-order valence-electron chi connectivity index (χ0n) is 11.7. The molecule has 5 heteroatoms. The van der Waals surface area contributed by atoms with E-state index in [1.807, 2.05) is 6.92 Å². The van der Waals surface area contributed by atoms with Gasteiger partial charge in [0.15, 0.2) is 0 Å². The van der Waals surface area contributed by atoms with E-state index in [9.17, 15) is 20.1 Å². The molecule has 20 heavy (non-hydrogen) atoms. The first-order chi connectivity index (χ1) is 9.20. The molecule has 4 fully saturated rings. The number of aliphatic carboxylic acids is 1. The normalized spacial score (nSPS) is 63.0. The van der Waals surface area contributed by atoms with Gasteiger partial charge >= 0.3 is 5.97 Å². The number of epoxide rings is 1. The van der Waals surface area contributed by atoms with Crippen LogP contribution < -0.4 is 0 Å². The molecule has 0 amide bonds. The molecule has 0 aromatic rings. The van der Waals surface area contributed by atoms with Crippen LogP contribution in [0.3, 0.4) is 0 Å². The van der Waals surface area contributed by atoms with E-state index in [0.717, 1.165) is 5.57 Å². The van der Waals surface area contributed by atoms with Crippen molar-refractivity contribution in [3.63, 3.8) is 0 Å². The Balaban J connectivity index is 1.79. The second-order valence-electron chi connectivity index (χ2n) is 7.45. The summed E-state index contributed by atoms with van der Waals surface area (Å²) in [4.78, 5) is 11.5. The van der Waals surface area contributed by atoms with E-state index in [1.54, 1.807) is 6.92 Å². The second kappa shape index (κ2) is 3.13. The lowest BCUT2D eigenvalue weighted by molar-refractivity contribution is -0.154. The number of carboxylic acid groups (broad SMARTS) is 1. The fourth-order valence-electron chi connectivity index (χ4n) is 5.49. The van der Waals surface area contributed by atoms with Gasteiger partial charge < -0.3 is 20.1 Å². The minimum atomic E-state index is -1.11. The van der Waals surface area contributed by atoms with E-state index in [2.05, 4.69) is 6.58 Å². The van der Waals surface area contributed by atoms with Gasteiger partial charge in [0.1, 0.15) is 17.8 Å². The third kappa shape index (κ3) is 0.983. The largest absolute Gasteiger partial charge is 0.481 e. The van der Waals surface area contributed by atoms with Crippen molar-refractivity contribution in [2.24, 2.45) is 22.7 Å². The van der Waals surface area contributed by atoms with Crippen LogP contribution in [-0.2, 0) is 9.53 Å². The van der Waals surface area contributed by atoms with Crippen LogP contribution in [0.25, 0.3) is 0 Å². The Morgan fingerprint density at radius 1 is 1.35 bits per heavy atom. The van der Waals surface area contributed by atoms with Gasteiger partial charge in [0.2, 0.25) is 0 Å².